The van der Waals surface area contributed by atoms with Crippen LogP contribution in [0.5, 0.6) is 0 Å². The van der Waals surface area contributed by atoms with E-state index in [9.17, 15) is 8.42 Å². The van der Waals surface area contributed by atoms with E-state index in [0.717, 1.165) is 0 Å². The van der Waals surface area contributed by atoms with Crippen LogP contribution >= 0.6 is 31.9 Å². The molecule has 0 aliphatic rings. The molecule has 0 aliphatic heterocycles. The topological polar surface area (TPSA) is 72.0 Å². The molecule has 1 N–H and O–H groups in total. The molecule has 0 fully saturated rings. The number of halogens is 2. The Bertz CT molecular complexity index is 676. The van der Waals surface area contributed by atoms with Gasteiger partial charge in [0.2, 0.25) is 0 Å². The maximum absolute atomic E-state index is 12.0. The quantitative estimate of drug-likeness (QED) is 0.815. The molecule has 0 saturated carbocycles. The first-order valence-electron chi connectivity index (χ1n) is 4.73. The molecule has 0 amide bonds. The van der Waals surface area contributed by atoms with E-state index in [1.165, 1.54) is 18.5 Å². The third-order valence-electron chi connectivity index (χ3n) is 1.94. The summed E-state index contributed by atoms with van der Waals surface area (Å²) < 4.78 is 27.6. The predicted octanol–water partition coefficient (Wildman–Crippen LogP) is 2.80. The van der Waals surface area contributed by atoms with Gasteiger partial charge >= 0.3 is 0 Å². The number of rotatable bonds is 3. The van der Waals surface area contributed by atoms with Crippen LogP contribution in [-0.4, -0.2) is 18.4 Å². The third kappa shape index (κ3) is 3.27. The molecule has 0 bridgehead atoms. The molecule has 2 aromatic heterocycles. The Hall–Kier alpha value is -0.990. The Morgan fingerprint density at radius 2 is 1.94 bits per heavy atom. The van der Waals surface area contributed by atoms with Crippen molar-refractivity contribution in [1.29, 1.82) is 0 Å². The fourth-order valence-electron chi connectivity index (χ4n) is 1.20. The van der Waals surface area contributed by atoms with Gasteiger partial charge in [0, 0.05) is 16.9 Å². The van der Waals surface area contributed by atoms with Crippen molar-refractivity contribution in [2.24, 2.45) is 0 Å². The predicted molar refractivity (Wildman–Crippen MR) is 74.7 cm³/mol. The van der Waals surface area contributed by atoms with Crippen molar-refractivity contribution in [3.63, 3.8) is 0 Å². The second-order valence-corrected chi connectivity index (χ2v) is 6.70. The van der Waals surface area contributed by atoms with E-state index in [-0.39, 0.29) is 10.7 Å². The van der Waals surface area contributed by atoms with Gasteiger partial charge in [-0.3, -0.25) is 9.71 Å². The zero-order valence-electron chi connectivity index (χ0n) is 8.84. The van der Waals surface area contributed by atoms with E-state index < -0.39 is 10.0 Å². The van der Waals surface area contributed by atoms with Crippen molar-refractivity contribution in [3.8, 4) is 0 Å². The standard InChI is InChI=1S/C10H7Br2N3O2S/c11-7-4-8(6-13-5-7)18(16,17)15-10-3-1-2-9(12)14-10/h1-6H,(H,14,15). The number of nitrogens with zero attached hydrogens (tertiary/aromatic N) is 2. The summed E-state index contributed by atoms with van der Waals surface area (Å²) in [6.07, 6.45) is 2.78. The molecule has 0 spiro atoms. The Balaban J connectivity index is 2.33. The molecule has 2 heterocycles. The highest BCUT2D eigenvalue weighted by molar-refractivity contribution is 9.10. The molecule has 2 rings (SSSR count). The zero-order chi connectivity index (χ0) is 13.2. The van der Waals surface area contributed by atoms with Gasteiger partial charge in [0.25, 0.3) is 10.0 Å². The highest BCUT2D eigenvalue weighted by Gasteiger charge is 2.15. The molecule has 0 atom stereocenters. The highest BCUT2D eigenvalue weighted by Crippen LogP contribution is 2.18. The van der Waals surface area contributed by atoms with Crippen molar-refractivity contribution < 1.29 is 8.42 Å². The summed E-state index contributed by atoms with van der Waals surface area (Å²) in [6.45, 7) is 0. The lowest BCUT2D eigenvalue weighted by Crippen LogP contribution is -2.14. The SMILES string of the molecule is O=S(=O)(Nc1cccc(Br)n1)c1cncc(Br)c1. The van der Waals surface area contributed by atoms with Crippen LogP contribution < -0.4 is 4.72 Å². The van der Waals surface area contributed by atoms with E-state index in [0.29, 0.717) is 9.08 Å². The minimum atomic E-state index is -3.68. The number of aromatic nitrogens is 2. The first kappa shape index (κ1) is 13.4. The molecule has 0 radical (unpaired) electrons. The molecule has 0 saturated heterocycles. The van der Waals surface area contributed by atoms with Gasteiger partial charge in [0.1, 0.15) is 15.3 Å². The Labute approximate surface area is 121 Å². The van der Waals surface area contributed by atoms with Crippen molar-refractivity contribution in [1.82, 2.24) is 9.97 Å². The second-order valence-electron chi connectivity index (χ2n) is 3.29. The van der Waals surface area contributed by atoms with Gasteiger partial charge in [0.05, 0.1) is 0 Å². The zero-order valence-corrected chi connectivity index (χ0v) is 12.8. The van der Waals surface area contributed by atoms with Crippen molar-refractivity contribution in [2.45, 2.75) is 4.90 Å². The van der Waals surface area contributed by atoms with Gasteiger partial charge < -0.3 is 0 Å². The van der Waals surface area contributed by atoms with Crippen molar-refractivity contribution in [3.05, 3.63) is 45.7 Å². The Morgan fingerprint density at radius 3 is 2.61 bits per heavy atom. The van der Waals surface area contributed by atoms with Crippen LogP contribution in [0.25, 0.3) is 0 Å². The molecular weight excluding hydrogens is 386 g/mol. The molecule has 0 unspecified atom stereocenters. The monoisotopic (exact) mass is 391 g/mol. The summed E-state index contributed by atoms with van der Waals surface area (Å²) in [5, 5.41) is 0. The maximum Gasteiger partial charge on any atom is 0.264 e. The maximum atomic E-state index is 12.0. The molecule has 8 heteroatoms. The summed E-state index contributed by atoms with van der Waals surface area (Å²) >= 11 is 6.35. The second kappa shape index (κ2) is 5.33. The highest BCUT2D eigenvalue weighted by atomic mass is 79.9. The molecule has 18 heavy (non-hydrogen) atoms. The summed E-state index contributed by atoms with van der Waals surface area (Å²) in [4.78, 5) is 7.88. The fourth-order valence-corrected chi connectivity index (χ4v) is 3.05. The molecule has 0 aromatic carbocycles. The molecule has 0 aliphatic carbocycles. The van der Waals surface area contributed by atoms with Gasteiger partial charge in [-0.1, -0.05) is 6.07 Å². The van der Waals surface area contributed by atoms with Crippen molar-refractivity contribution in [2.75, 3.05) is 4.72 Å². The van der Waals surface area contributed by atoms with Gasteiger partial charge in [-0.25, -0.2) is 13.4 Å². The number of hydrogen-bond donors (Lipinski definition) is 1. The van der Waals surface area contributed by atoms with Crippen LogP contribution in [0.3, 0.4) is 0 Å². The first-order chi connectivity index (χ1) is 8.47. The molecule has 2 aromatic rings. The molecular formula is C10H7Br2N3O2S. The summed E-state index contributed by atoms with van der Waals surface area (Å²) in [6, 6.07) is 6.42. The lowest BCUT2D eigenvalue weighted by atomic mass is 10.5. The molecule has 5 nitrogen and oxygen atoms in total. The number of sulfonamides is 1. The van der Waals surface area contributed by atoms with Crippen LogP contribution in [0.1, 0.15) is 0 Å². The number of hydrogen-bond acceptors (Lipinski definition) is 4. The Morgan fingerprint density at radius 1 is 1.17 bits per heavy atom. The Kier molecular flexibility index (Phi) is 3.98. The minimum absolute atomic E-state index is 0.0682. The normalized spacial score (nSPS) is 11.2. The van der Waals surface area contributed by atoms with Gasteiger partial charge in [-0.15, -0.1) is 0 Å². The first-order valence-corrected chi connectivity index (χ1v) is 7.80. The number of pyridine rings is 2. The van der Waals surface area contributed by atoms with E-state index >= 15 is 0 Å². The minimum Gasteiger partial charge on any atom is -0.263 e. The van der Waals surface area contributed by atoms with Gasteiger partial charge in [-0.2, -0.15) is 0 Å². The van der Waals surface area contributed by atoms with E-state index in [2.05, 4.69) is 46.5 Å². The fraction of sp³-hybridized carbons (Fsp3) is 0. The lowest BCUT2D eigenvalue weighted by molar-refractivity contribution is 0.600. The average molecular weight is 393 g/mol. The summed E-state index contributed by atoms with van der Waals surface area (Å²) in [5.41, 5.74) is 0. The van der Waals surface area contributed by atoms with E-state index in [1.54, 1.807) is 18.2 Å². The van der Waals surface area contributed by atoms with E-state index in [1.807, 2.05) is 0 Å². The van der Waals surface area contributed by atoms with Gasteiger partial charge in [0.15, 0.2) is 0 Å². The third-order valence-corrected chi connectivity index (χ3v) is 4.14. The van der Waals surface area contributed by atoms with Crippen molar-refractivity contribution >= 4 is 47.7 Å². The van der Waals surface area contributed by atoms with Crippen LogP contribution in [0.2, 0.25) is 0 Å². The van der Waals surface area contributed by atoms with E-state index in [4.69, 9.17) is 0 Å². The van der Waals surface area contributed by atoms with Crippen LogP contribution in [-0.2, 0) is 10.0 Å². The smallest absolute Gasteiger partial charge is 0.263 e. The summed E-state index contributed by atoms with van der Waals surface area (Å²) in [7, 11) is -3.68. The lowest BCUT2D eigenvalue weighted by Gasteiger charge is -2.07. The van der Waals surface area contributed by atoms with Crippen LogP contribution in [0.4, 0.5) is 5.82 Å². The van der Waals surface area contributed by atoms with Crippen LogP contribution in [0, 0.1) is 0 Å². The number of nitrogens with one attached hydrogen (secondary N) is 1. The average Bonchev–Trinajstić information content (AvgIpc) is 2.28. The summed E-state index contributed by atoms with van der Waals surface area (Å²) in [5.74, 6) is 0.240. The van der Waals surface area contributed by atoms with Gasteiger partial charge in [-0.05, 0) is 50.1 Å². The van der Waals surface area contributed by atoms with Crippen LogP contribution in [0.15, 0.2) is 50.6 Å². The molecule has 94 valence electrons. The number of anilines is 1. The largest absolute Gasteiger partial charge is 0.264 e.